The monoisotopic (exact) mass is 586 g/mol. The molecule has 0 saturated heterocycles. The molecule has 0 aliphatic carbocycles. The maximum absolute atomic E-state index is 12.9. The van der Waals surface area contributed by atoms with Gasteiger partial charge in [0.1, 0.15) is 15.6 Å². The van der Waals surface area contributed by atoms with Crippen molar-refractivity contribution < 1.29 is 28.6 Å². The lowest BCUT2D eigenvalue weighted by atomic mass is 10.1. The Morgan fingerprint density at radius 3 is 2.42 bits per heavy atom. The number of amides is 1. The zero-order valence-corrected chi connectivity index (χ0v) is 24.8. The highest BCUT2D eigenvalue weighted by Gasteiger charge is 2.27. The molecule has 0 bridgehead atoms. The van der Waals surface area contributed by atoms with Crippen LogP contribution in [0.15, 0.2) is 42.1 Å². The van der Waals surface area contributed by atoms with Crippen LogP contribution in [-0.2, 0) is 20.8 Å². The fraction of sp³-hybridized carbons (Fsp3) is 0.393. The van der Waals surface area contributed by atoms with E-state index in [9.17, 15) is 14.4 Å². The minimum absolute atomic E-state index is 0.00651. The molecule has 0 atom stereocenters. The molecule has 10 nitrogen and oxygen atoms in total. The van der Waals surface area contributed by atoms with Crippen molar-refractivity contribution in [2.24, 2.45) is 0 Å². The Labute approximate surface area is 242 Å². The molecule has 0 unspecified atom stereocenters. The normalized spacial score (nSPS) is 10.7. The molecule has 0 saturated carbocycles. The number of esters is 2. The van der Waals surface area contributed by atoms with Crippen LogP contribution in [0.5, 0.6) is 5.75 Å². The summed E-state index contributed by atoms with van der Waals surface area (Å²) in [5.41, 5.74) is 1.41. The maximum Gasteiger partial charge on any atom is 0.348 e. The summed E-state index contributed by atoms with van der Waals surface area (Å²) < 4.78 is 17.9. The summed E-state index contributed by atoms with van der Waals surface area (Å²) in [5, 5.41) is 12.2. The highest BCUT2D eigenvalue weighted by molar-refractivity contribution is 7.99. The van der Waals surface area contributed by atoms with Gasteiger partial charge in [0.25, 0.3) is 0 Å². The summed E-state index contributed by atoms with van der Waals surface area (Å²) in [5.74, 6) is -0.137. The Morgan fingerprint density at radius 1 is 1.07 bits per heavy atom. The number of aromatic nitrogens is 3. The van der Waals surface area contributed by atoms with E-state index in [-0.39, 0.29) is 40.3 Å². The summed E-state index contributed by atoms with van der Waals surface area (Å²) >= 11 is 2.18. The van der Waals surface area contributed by atoms with E-state index in [1.165, 1.54) is 11.8 Å². The van der Waals surface area contributed by atoms with Gasteiger partial charge in [-0.1, -0.05) is 31.2 Å². The Morgan fingerprint density at radius 2 is 1.77 bits per heavy atom. The lowest BCUT2D eigenvalue weighted by Crippen LogP contribution is -2.17. The number of carbonyl (C=O) groups excluding carboxylic acids is 3. The molecule has 2 heterocycles. The number of hydrogen-bond donors (Lipinski definition) is 1. The van der Waals surface area contributed by atoms with Crippen LogP contribution >= 0.6 is 23.1 Å². The lowest BCUT2D eigenvalue weighted by molar-refractivity contribution is -0.113. The second-order valence-corrected chi connectivity index (χ2v) is 10.4. The fourth-order valence-corrected chi connectivity index (χ4v) is 5.52. The van der Waals surface area contributed by atoms with Gasteiger partial charge in [0.2, 0.25) is 5.91 Å². The smallest absolute Gasteiger partial charge is 0.348 e. The van der Waals surface area contributed by atoms with E-state index in [1.54, 1.807) is 26.8 Å². The van der Waals surface area contributed by atoms with Crippen molar-refractivity contribution in [2.75, 3.05) is 30.9 Å². The number of unbranched alkanes of at least 4 members (excludes halogenated alkanes) is 1. The molecule has 3 rings (SSSR count). The van der Waals surface area contributed by atoms with E-state index in [4.69, 9.17) is 14.2 Å². The van der Waals surface area contributed by atoms with E-state index >= 15 is 0 Å². The van der Waals surface area contributed by atoms with Gasteiger partial charge < -0.3 is 19.5 Å². The second-order valence-electron chi connectivity index (χ2n) is 8.47. The highest BCUT2D eigenvalue weighted by Crippen LogP contribution is 2.35. The van der Waals surface area contributed by atoms with E-state index in [2.05, 4.69) is 29.0 Å². The SMILES string of the molecule is C=CCn1c(SCC(=O)Nc2sc(C(=O)OCC)c(C)c2C(=O)OCC)nnc1-c1ccc(OCCCC)cc1. The van der Waals surface area contributed by atoms with Crippen molar-refractivity contribution in [1.29, 1.82) is 0 Å². The molecule has 0 aliphatic heterocycles. The molecule has 0 spiro atoms. The third kappa shape index (κ3) is 7.72. The average Bonchev–Trinajstić information content (AvgIpc) is 3.48. The first-order valence-electron chi connectivity index (χ1n) is 13.0. The number of thioether (sulfide) groups is 1. The molecule has 12 heteroatoms. The van der Waals surface area contributed by atoms with Crippen molar-refractivity contribution in [3.8, 4) is 17.1 Å². The summed E-state index contributed by atoms with van der Waals surface area (Å²) in [6.45, 7) is 12.4. The van der Waals surface area contributed by atoms with Crippen LogP contribution in [0.2, 0.25) is 0 Å². The van der Waals surface area contributed by atoms with Crippen molar-refractivity contribution in [3.05, 3.63) is 52.9 Å². The number of carbonyl (C=O) groups is 3. The predicted molar refractivity (Wildman–Crippen MR) is 156 cm³/mol. The molecule has 0 radical (unpaired) electrons. The minimum Gasteiger partial charge on any atom is -0.494 e. The van der Waals surface area contributed by atoms with Gasteiger partial charge in [-0.3, -0.25) is 9.36 Å². The molecule has 214 valence electrons. The molecular formula is C28H34N4O6S2. The Bertz CT molecular complexity index is 1330. The number of nitrogens with one attached hydrogen (secondary N) is 1. The number of allylic oxidation sites excluding steroid dienone is 1. The summed E-state index contributed by atoms with van der Waals surface area (Å²) in [6.07, 6.45) is 3.79. The third-order valence-corrected chi connectivity index (χ3v) is 7.73. The Balaban J connectivity index is 1.75. The summed E-state index contributed by atoms with van der Waals surface area (Å²) in [7, 11) is 0. The number of benzene rings is 1. The molecule has 1 amide bonds. The molecule has 1 N–H and O–H groups in total. The van der Waals surface area contributed by atoms with E-state index in [0.717, 1.165) is 35.5 Å². The zero-order valence-electron chi connectivity index (χ0n) is 23.2. The largest absolute Gasteiger partial charge is 0.494 e. The number of ether oxygens (including phenoxy) is 3. The minimum atomic E-state index is -0.619. The molecule has 0 aliphatic rings. The van der Waals surface area contributed by atoms with Crippen molar-refractivity contribution in [1.82, 2.24) is 14.8 Å². The quantitative estimate of drug-likeness (QED) is 0.102. The third-order valence-electron chi connectivity index (χ3n) is 5.58. The van der Waals surface area contributed by atoms with Gasteiger partial charge in [-0.2, -0.15) is 0 Å². The molecule has 2 aromatic heterocycles. The van der Waals surface area contributed by atoms with Gasteiger partial charge >= 0.3 is 11.9 Å². The lowest BCUT2D eigenvalue weighted by Gasteiger charge is -2.09. The van der Waals surface area contributed by atoms with E-state index < -0.39 is 11.9 Å². The van der Waals surface area contributed by atoms with Crippen LogP contribution in [0, 0.1) is 6.92 Å². The number of rotatable bonds is 15. The van der Waals surface area contributed by atoms with Crippen LogP contribution in [-0.4, -0.2) is 58.2 Å². The standard InChI is InChI=1S/C28H34N4O6S2/c1-6-10-16-38-20-13-11-19(12-14-20)24-30-31-28(32(24)15-7-2)39-17-21(33)29-25-22(26(34)36-8-3)18(5)23(40-25)27(35)37-9-4/h7,11-14H,2,6,8-10,15-17H2,1,3-5H3,(H,29,33). The molecule has 1 aromatic carbocycles. The Kier molecular flexibility index (Phi) is 11.8. The molecular weight excluding hydrogens is 552 g/mol. The summed E-state index contributed by atoms with van der Waals surface area (Å²) in [4.78, 5) is 38.2. The van der Waals surface area contributed by atoms with Gasteiger partial charge in [-0.15, -0.1) is 28.1 Å². The maximum atomic E-state index is 12.9. The van der Waals surface area contributed by atoms with Crippen molar-refractivity contribution >= 4 is 45.9 Å². The Hall–Kier alpha value is -3.64. The number of nitrogens with zero attached hydrogens (tertiary/aromatic N) is 3. The van der Waals surface area contributed by atoms with Crippen LogP contribution in [0.25, 0.3) is 11.4 Å². The van der Waals surface area contributed by atoms with E-state index in [1.807, 2.05) is 28.8 Å². The molecule has 3 aromatic rings. The van der Waals surface area contributed by atoms with Gasteiger partial charge in [0.15, 0.2) is 11.0 Å². The van der Waals surface area contributed by atoms with Crippen molar-refractivity contribution in [2.45, 2.75) is 52.2 Å². The molecule has 0 fully saturated rings. The van der Waals surface area contributed by atoms with Crippen LogP contribution in [0.4, 0.5) is 5.00 Å². The van der Waals surface area contributed by atoms with Gasteiger partial charge in [-0.25, -0.2) is 9.59 Å². The topological polar surface area (TPSA) is 122 Å². The van der Waals surface area contributed by atoms with Crippen LogP contribution in [0.3, 0.4) is 0 Å². The highest BCUT2D eigenvalue weighted by atomic mass is 32.2. The summed E-state index contributed by atoms with van der Waals surface area (Å²) in [6, 6.07) is 7.63. The van der Waals surface area contributed by atoms with Crippen LogP contribution in [0.1, 0.15) is 59.2 Å². The first kappa shape index (κ1) is 30.9. The fourth-order valence-electron chi connectivity index (χ4n) is 3.67. The van der Waals surface area contributed by atoms with Crippen LogP contribution < -0.4 is 10.1 Å². The number of anilines is 1. The first-order chi connectivity index (χ1) is 19.3. The van der Waals surface area contributed by atoms with Gasteiger partial charge in [0, 0.05) is 12.1 Å². The zero-order chi connectivity index (χ0) is 29.1. The van der Waals surface area contributed by atoms with Crippen molar-refractivity contribution in [3.63, 3.8) is 0 Å². The molecule has 40 heavy (non-hydrogen) atoms. The predicted octanol–water partition coefficient (Wildman–Crippen LogP) is 5.76. The van der Waals surface area contributed by atoms with Gasteiger partial charge in [-0.05, 0) is 57.0 Å². The van der Waals surface area contributed by atoms with E-state index in [0.29, 0.717) is 29.7 Å². The second kappa shape index (κ2) is 15.2. The number of hydrogen-bond acceptors (Lipinski definition) is 10. The number of thiophene rings is 1. The average molecular weight is 587 g/mol. The van der Waals surface area contributed by atoms with Gasteiger partial charge in [0.05, 0.1) is 31.1 Å². The first-order valence-corrected chi connectivity index (χ1v) is 14.8.